The van der Waals surface area contributed by atoms with E-state index in [0.717, 1.165) is 6.07 Å². The molecule has 0 spiro atoms. The van der Waals surface area contributed by atoms with Gasteiger partial charge in [0.05, 0.1) is 11.3 Å². The molecule has 14 heavy (non-hydrogen) atoms. The summed E-state index contributed by atoms with van der Waals surface area (Å²) < 4.78 is 13.2. The highest BCUT2D eigenvalue weighted by atomic mass is 19.1. The molecule has 1 rings (SSSR count). The van der Waals surface area contributed by atoms with Crippen molar-refractivity contribution in [1.29, 1.82) is 0 Å². The Labute approximate surface area is 77.9 Å². The zero-order valence-electron chi connectivity index (χ0n) is 6.94. The maximum absolute atomic E-state index is 13.2. The molecule has 1 N–H and O–H groups in total. The summed E-state index contributed by atoms with van der Waals surface area (Å²) >= 11 is 0. The quantitative estimate of drug-likeness (QED) is 0.588. The third-order valence-electron chi connectivity index (χ3n) is 1.60. The van der Waals surface area contributed by atoms with E-state index in [0.29, 0.717) is 0 Å². The van der Waals surface area contributed by atoms with Gasteiger partial charge in [-0.25, -0.2) is 0 Å². The summed E-state index contributed by atoms with van der Waals surface area (Å²) in [6.07, 6.45) is -0.562. The number of rotatable bonds is 3. The van der Waals surface area contributed by atoms with Crippen molar-refractivity contribution in [2.75, 3.05) is 0 Å². The summed E-state index contributed by atoms with van der Waals surface area (Å²) in [7, 11) is 0. The number of carboxylic acid groups (broad SMARTS) is 1. The van der Waals surface area contributed by atoms with Gasteiger partial charge in [0.2, 0.25) is 5.82 Å². The van der Waals surface area contributed by atoms with Crippen molar-refractivity contribution in [3.8, 4) is 0 Å². The third-order valence-corrected chi connectivity index (χ3v) is 1.60. The third kappa shape index (κ3) is 2.03. The first-order valence-electron chi connectivity index (χ1n) is 3.66. The molecular formula is C8H6FNO4. The molecule has 0 amide bonds. The monoisotopic (exact) mass is 199 g/mol. The Morgan fingerprint density at radius 2 is 2.21 bits per heavy atom. The number of hydrogen-bond acceptors (Lipinski definition) is 3. The second kappa shape index (κ2) is 3.82. The van der Waals surface area contributed by atoms with Gasteiger partial charge in [-0.05, 0) is 0 Å². The van der Waals surface area contributed by atoms with Gasteiger partial charge in [-0.1, -0.05) is 12.1 Å². The Bertz CT molecular complexity index is 391. The van der Waals surface area contributed by atoms with Crippen molar-refractivity contribution < 1.29 is 19.2 Å². The van der Waals surface area contributed by atoms with Gasteiger partial charge in [0.25, 0.3) is 0 Å². The van der Waals surface area contributed by atoms with E-state index in [9.17, 15) is 19.3 Å². The van der Waals surface area contributed by atoms with Crippen LogP contribution >= 0.6 is 0 Å². The first-order valence-corrected chi connectivity index (χ1v) is 3.66. The van der Waals surface area contributed by atoms with Crippen molar-refractivity contribution in [3.05, 3.63) is 39.7 Å². The van der Waals surface area contributed by atoms with E-state index in [1.165, 1.54) is 12.1 Å². The fraction of sp³-hybridized carbons (Fsp3) is 0.125. The number of nitro groups is 1. The molecule has 1 aromatic carbocycles. The highest BCUT2D eigenvalue weighted by Crippen LogP contribution is 2.20. The van der Waals surface area contributed by atoms with E-state index >= 15 is 0 Å². The Balaban J connectivity index is 3.13. The molecule has 0 fully saturated rings. The highest BCUT2D eigenvalue weighted by molar-refractivity contribution is 5.70. The standard InChI is InChI=1S/C8H6FNO4/c9-8-5(4-7(11)12)2-1-3-6(8)10(13)14/h1-3H,4H2,(H,11,12). The largest absolute Gasteiger partial charge is 0.481 e. The molecule has 0 aromatic heterocycles. The van der Waals surface area contributed by atoms with Crippen molar-refractivity contribution >= 4 is 11.7 Å². The molecule has 74 valence electrons. The predicted octanol–water partition coefficient (Wildman–Crippen LogP) is 1.36. The summed E-state index contributed by atoms with van der Waals surface area (Å²) in [5, 5.41) is 18.7. The van der Waals surface area contributed by atoms with Gasteiger partial charge in [0, 0.05) is 11.6 Å². The normalized spacial score (nSPS) is 9.79. The van der Waals surface area contributed by atoms with E-state index < -0.39 is 28.8 Å². The van der Waals surface area contributed by atoms with Crippen LogP contribution in [0.15, 0.2) is 18.2 Å². The summed E-state index contributed by atoms with van der Waals surface area (Å²) in [5.41, 5.74) is -0.893. The van der Waals surface area contributed by atoms with Crippen molar-refractivity contribution in [2.45, 2.75) is 6.42 Å². The second-order valence-corrected chi connectivity index (χ2v) is 2.58. The van der Waals surface area contributed by atoms with Crippen molar-refractivity contribution in [2.24, 2.45) is 0 Å². The van der Waals surface area contributed by atoms with Crippen molar-refractivity contribution in [3.63, 3.8) is 0 Å². The lowest BCUT2D eigenvalue weighted by molar-refractivity contribution is -0.387. The molecule has 0 radical (unpaired) electrons. The summed E-state index contributed by atoms with van der Waals surface area (Å²) in [5.74, 6) is -2.32. The van der Waals surface area contributed by atoms with Crippen LogP contribution in [-0.4, -0.2) is 16.0 Å². The van der Waals surface area contributed by atoms with Gasteiger partial charge in [0.15, 0.2) is 0 Å². The first-order chi connectivity index (χ1) is 6.52. The minimum Gasteiger partial charge on any atom is -0.481 e. The molecule has 0 saturated carbocycles. The number of carboxylic acids is 1. The molecule has 0 saturated heterocycles. The van der Waals surface area contributed by atoms with Crippen LogP contribution in [-0.2, 0) is 11.2 Å². The van der Waals surface area contributed by atoms with Gasteiger partial charge >= 0.3 is 11.7 Å². The fourth-order valence-corrected chi connectivity index (χ4v) is 1.01. The maximum Gasteiger partial charge on any atom is 0.307 e. The lowest BCUT2D eigenvalue weighted by atomic mass is 10.1. The number of hydrogen-bond donors (Lipinski definition) is 1. The molecule has 1 aromatic rings. The molecular weight excluding hydrogens is 193 g/mol. The second-order valence-electron chi connectivity index (χ2n) is 2.58. The molecule has 0 aliphatic carbocycles. The van der Waals surface area contributed by atoms with Gasteiger partial charge in [-0.2, -0.15) is 4.39 Å². The average molecular weight is 199 g/mol. The SMILES string of the molecule is O=C(O)Cc1cccc([N+](=O)[O-])c1F. The molecule has 0 unspecified atom stereocenters. The Hall–Kier alpha value is -1.98. The van der Waals surface area contributed by atoms with Crippen LogP contribution in [0.25, 0.3) is 0 Å². The topological polar surface area (TPSA) is 80.4 Å². The van der Waals surface area contributed by atoms with Gasteiger partial charge in [0.1, 0.15) is 0 Å². The number of carbonyl (C=O) groups is 1. The fourth-order valence-electron chi connectivity index (χ4n) is 1.01. The van der Waals surface area contributed by atoms with Crippen LogP contribution < -0.4 is 0 Å². The molecule has 0 aliphatic rings. The number of benzene rings is 1. The maximum atomic E-state index is 13.2. The Morgan fingerprint density at radius 1 is 1.57 bits per heavy atom. The Morgan fingerprint density at radius 3 is 2.71 bits per heavy atom. The lowest BCUT2D eigenvalue weighted by Gasteiger charge is -1.99. The Kier molecular flexibility index (Phi) is 2.76. The van der Waals surface area contributed by atoms with E-state index in [1.54, 1.807) is 0 Å². The first kappa shape index (κ1) is 10.1. The van der Waals surface area contributed by atoms with Crippen LogP contribution in [0.2, 0.25) is 0 Å². The molecule has 0 bridgehead atoms. The van der Waals surface area contributed by atoms with Crippen LogP contribution in [0.1, 0.15) is 5.56 Å². The van der Waals surface area contributed by atoms with Gasteiger partial charge in [-0.15, -0.1) is 0 Å². The van der Waals surface area contributed by atoms with Crippen LogP contribution in [0, 0.1) is 15.9 Å². The number of aliphatic carboxylic acids is 1. The lowest BCUT2D eigenvalue weighted by Crippen LogP contribution is -2.04. The van der Waals surface area contributed by atoms with E-state index in [4.69, 9.17) is 5.11 Å². The minimum atomic E-state index is -1.23. The van der Waals surface area contributed by atoms with Crippen LogP contribution in [0.4, 0.5) is 10.1 Å². The van der Waals surface area contributed by atoms with Gasteiger partial charge in [-0.3, -0.25) is 14.9 Å². The number of nitro benzene ring substituents is 1. The number of nitrogens with zero attached hydrogens (tertiary/aromatic N) is 1. The minimum absolute atomic E-state index is 0.188. The summed E-state index contributed by atoms with van der Waals surface area (Å²) in [6.45, 7) is 0. The summed E-state index contributed by atoms with van der Waals surface area (Å²) in [4.78, 5) is 19.7. The van der Waals surface area contributed by atoms with Crippen molar-refractivity contribution in [1.82, 2.24) is 0 Å². The zero-order chi connectivity index (χ0) is 10.7. The van der Waals surface area contributed by atoms with E-state index in [-0.39, 0.29) is 5.56 Å². The van der Waals surface area contributed by atoms with E-state index in [1.807, 2.05) is 0 Å². The average Bonchev–Trinajstić information content (AvgIpc) is 2.07. The molecule has 0 heterocycles. The van der Waals surface area contributed by atoms with Crippen LogP contribution in [0.5, 0.6) is 0 Å². The predicted molar refractivity (Wildman–Crippen MR) is 44.4 cm³/mol. The van der Waals surface area contributed by atoms with Crippen LogP contribution in [0.3, 0.4) is 0 Å². The zero-order valence-corrected chi connectivity index (χ0v) is 6.94. The molecule has 5 nitrogen and oxygen atoms in total. The smallest absolute Gasteiger partial charge is 0.307 e. The number of halogens is 1. The summed E-state index contributed by atoms with van der Waals surface area (Å²) in [6, 6.07) is 3.44. The van der Waals surface area contributed by atoms with Gasteiger partial charge < -0.3 is 5.11 Å². The van der Waals surface area contributed by atoms with E-state index in [2.05, 4.69) is 0 Å². The molecule has 6 heteroatoms. The molecule has 0 aliphatic heterocycles. The molecule has 0 atom stereocenters. The highest BCUT2D eigenvalue weighted by Gasteiger charge is 2.18.